The molecule has 182 valence electrons. The molecule has 0 aliphatic rings. The standard InChI is InChI=1S/C26H27N3O5S/c1-4-23(26(32)29-20-11-6-5-10-19(20)24(27)30)35-18-9-7-8-17(15-18)28-25(31)16-12-13-21(33-2)22(14-16)34-3/h5-15,23H,4H2,1-3H3,(H2,27,30)(H,28,31)(H,29,32). The maximum absolute atomic E-state index is 12.9. The fraction of sp³-hybridized carbons (Fsp3) is 0.192. The van der Waals surface area contributed by atoms with Gasteiger partial charge in [0.05, 0.1) is 30.7 Å². The number of benzene rings is 3. The second kappa shape index (κ2) is 11.9. The average Bonchev–Trinajstić information content (AvgIpc) is 2.87. The summed E-state index contributed by atoms with van der Waals surface area (Å²) >= 11 is 1.36. The summed E-state index contributed by atoms with van der Waals surface area (Å²) in [6.07, 6.45) is 0.553. The molecule has 1 atom stereocenters. The van der Waals surface area contributed by atoms with E-state index in [0.29, 0.717) is 34.9 Å². The third-order valence-corrected chi connectivity index (χ3v) is 6.49. The molecule has 0 aliphatic heterocycles. The molecule has 0 saturated carbocycles. The minimum atomic E-state index is -0.612. The van der Waals surface area contributed by atoms with Gasteiger partial charge in [0, 0.05) is 16.1 Å². The van der Waals surface area contributed by atoms with Crippen LogP contribution in [-0.4, -0.2) is 37.2 Å². The van der Waals surface area contributed by atoms with Crippen molar-refractivity contribution in [2.75, 3.05) is 24.9 Å². The topological polar surface area (TPSA) is 120 Å². The Morgan fingerprint density at radius 3 is 2.34 bits per heavy atom. The summed E-state index contributed by atoms with van der Waals surface area (Å²) in [6.45, 7) is 1.90. The highest BCUT2D eigenvalue weighted by Gasteiger charge is 2.20. The van der Waals surface area contributed by atoms with Crippen LogP contribution in [0.25, 0.3) is 0 Å². The van der Waals surface area contributed by atoms with Crippen LogP contribution in [0, 0.1) is 0 Å². The summed E-state index contributed by atoms with van der Waals surface area (Å²) in [5.41, 5.74) is 7.04. The molecule has 1 unspecified atom stereocenters. The summed E-state index contributed by atoms with van der Waals surface area (Å²) in [4.78, 5) is 38.1. The average molecular weight is 494 g/mol. The van der Waals surface area contributed by atoms with Gasteiger partial charge in [-0.3, -0.25) is 14.4 Å². The van der Waals surface area contributed by atoms with Gasteiger partial charge in [-0.15, -0.1) is 11.8 Å². The fourth-order valence-electron chi connectivity index (χ4n) is 3.33. The normalized spacial score (nSPS) is 11.3. The molecule has 35 heavy (non-hydrogen) atoms. The molecule has 8 nitrogen and oxygen atoms in total. The highest BCUT2D eigenvalue weighted by atomic mass is 32.2. The quantitative estimate of drug-likeness (QED) is 0.356. The van der Waals surface area contributed by atoms with Crippen molar-refractivity contribution in [2.24, 2.45) is 5.73 Å². The SMILES string of the molecule is CCC(Sc1cccc(NC(=O)c2ccc(OC)c(OC)c2)c1)C(=O)Nc1ccccc1C(N)=O. The van der Waals surface area contributed by atoms with Gasteiger partial charge in [-0.05, 0) is 55.0 Å². The van der Waals surface area contributed by atoms with Crippen molar-refractivity contribution in [2.45, 2.75) is 23.5 Å². The van der Waals surface area contributed by atoms with Crippen LogP contribution in [0.2, 0.25) is 0 Å². The Hall–Kier alpha value is -3.98. The molecule has 0 radical (unpaired) electrons. The van der Waals surface area contributed by atoms with E-state index in [0.717, 1.165) is 4.90 Å². The largest absolute Gasteiger partial charge is 0.493 e. The lowest BCUT2D eigenvalue weighted by Gasteiger charge is -2.16. The summed E-state index contributed by atoms with van der Waals surface area (Å²) in [7, 11) is 3.04. The zero-order chi connectivity index (χ0) is 25.4. The van der Waals surface area contributed by atoms with Gasteiger partial charge in [-0.1, -0.05) is 25.1 Å². The van der Waals surface area contributed by atoms with Crippen LogP contribution in [0.3, 0.4) is 0 Å². The molecule has 3 rings (SSSR count). The predicted octanol–water partition coefficient (Wildman–Crippen LogP) is 4.56. The number of carbonyl (C=O) groups is 3. The first-order valence-electron chi connectivity index (χ1n) is 10.9. The fourth-order valence-corrected chi connectivity index (χ4v) is 4.35. The molecule has 9 heteroatoms. The van der Waals surface area contributed by atoms with E-state index in [1.807, 2.05) is 13.0 Å². The Bertz CT molecular complexity index is 1230. The van der Waals surface area contributed by atoms with Crippen LogP contribution < -0.4 is 25.8 Å². The number of nitrogens with two attached hydrogens (primary N) is 1. The van der Waals surface area contributed by atoms with Gasteiger partial charge in [0.2, 0.25) is 5.91 Å². The number of ether oxygens (including phenoxy) is 2. The molecule has 0 spiro atoms. The van der Waals surface area contributed by atoms with Gasteiger partial charge >= 0.3 is 0 Å². The van der Waals surface area contributed by atoms with E-state index in [1.54, 1.807) is 60.7 Å². The molecule has 0 bridgehead atoms. The molecular formula is C26H27N3O5S. The molecule has 0 heterocycles. The van der Waals surface area contributed by atoms with Crippen molar-refractivity contribution in [1.82, 2.24) is 0 Å². The Morgan fingerprint density at radius 2 is 1.66 bits per heavy atom. The smallest absolute Gasteiger partial charge is 0.255 e. The Labute approximate surface area is 208 Å². The highest BCUT2D eigenvalue weighted by Crippen LogP contribution is 2.30. The second-order valence-corrected chi connectivity index (χ2v) is 8.74. The minimum absolute atomic E-state index is 0.244. The lowest BCUT2D eigenvalue weighted by molar-refractivity contribution is -0.115. The van der Waals surface area contributed by atoms with Crippen LogP contribution >= 0.6 is 11.8 Å². The summed E-state index contributed by atoms with van der Waals surface area (Å²) in [6, 6.07) is 18.8. The van der Waals surface area contributed by atoms with Gasteiger partial charge in [-0.25, -0.2) is 0 Å². The predicted molar refractivity (Wildman–Crippen MR) is 137 cm³/mol. The van der Waals surface area contributed by atoms with Crippen molar-refractivity contribution in [3.63, 3.8) is 0 Å². The van der Waals surface area contributed by atoms with E-state index >= 15 is 0 Å². The highest BCUT2D eigenvalue weighted by molar-refractivity contribution is 8.00. The number of anilines is 2. The van der Waals surface area contributed by atoms with Crippen molar-refractivity contribution in [1.29, 1.82) is 0 Å². The number of rotatable bonds is 10. The molecule has 0 fully saturated rings. The second-order valence-electron chi connectivity index (χ2n) is 7.47. The van der Waals surface area contributed by atoms with Crippen LogP contribution in [0.4, 0.5) is 11.4 Å². The molecule has 3 amide bonds. The zero-order valence-electron chi connectivity index (χ0n) is 19.7. The number of nitrogens with one attached hydrogen (secondary N) is 2. The number of para-hydroxylation sites is 1. The van der Waals surface area contributed by atoms with Gasteiger partial charge in [0.15, 0.2) is 11.5 Å². The number of hydrogen-bond acceptors (Lipinski definition) is 6. The first-order chi connectivity index (χ1) is 16.9. The number of hydrogen-bond donors (Lipinski definition) is 3. The van der Waals surface area contributed by atoms with E-state index in [1.165, 1.54) is 26.0 Å². The van der Waals surface area contributed by atoms with E-state index in [-0.39, 0.29) is 17.4 Å². The first-order valence-corrected chi connectivity index (χ1v) is 11.7. The molecule has 0 aliphatic carbocycles. The Kier molecular flexibility index (Phi) is 8.74. The van der Waals surface area contributed by atoms with E-state index in [9.17, 15) is 14.4 Å². The van der Waals surface area contributed by atoms with Crippen molar-refractivity contribution < 1.29 is 23.9 Å². The van der Waals surface area contributed by atoms with E-state index < -0.39 is 11.2 Å². The number of amides is 3. The van der Waals surface area contributed by atoms with E-state index in [4.69, 9.17) is 15.2 Å². The van der Waals surface area contributed by atoms with Crippen LogP contribution in [0.1, 0.15) is 34.1 Å². The lowest BCUT2D eigenvalue weighted by atomic mass is 10.1. The third-order valence-electron chi connectivity index (χ3n) is 5.13. The van der Waals surface area contributed by atoms with Crippen LogP contribution in [0.5, 0.6) is 11.5 Å². The van der Waals surface area contributed by atoms with Crippen molar-refractivity contribution in [3.8, 4) is 11.5 Å². The van der Waals surface area contributed by atoms with Gasteiger partial charge in [0.1, 0.15) is 0 Å². The van der Waals surface area contributed by atoms with Gasteiger partial charge in [-0.2, -0.15) is 0 Å². The number of methoxy groups -OCH3 is 2. The summed E-state index contributed by atoms with van der Waals surface area (Å²) < 4.78 is 10.5. The monoisotopic (exact) mass is 493 g/mol. The van der Waals surface area contributed by atoms with Crippen molar-refractivity contribution >= 4 is 40.9 Å². The maximum Gasteiger partial charge on any atom is 0.255 e. The first kappa shape index (κ1) is 25.6. The number of thioether (sulfide) groups is 1. The lowest BCUT2D eigenvalue weighted by Crippen LogP contribution is -2.26. The summed E-state index contributed by atoms with van der Waals surface area (Å²) in [5.74, 6) is -0.171. The third kappa shape index (κ3) is 6.54. The molecule has 0 aromatic heterocycles. The van der Waals surface area contributed by atoms with Crippen molar-refractivity contribution in [3.05, 3.63) is 77.9 Å². The van der Waals surface area contributed by atoms with Crippen LogP contribution in [0.15, 0.2) is 71.6 Å². The van der Waals surface area contributed by atoms with Gasteiger partial charge in [0.25, 0.3) is 11.8 Å². The van der Waals surface area contributed by atoms with E-state index in [2.05, 4.69) is 10.6 Å². The molecule has 3 aromatic rings. The number of carbonyl (C=O) groups excluding carboxylic acids is 3. The minimum Gasteiger partial charge on any atom is -0.493 e. The Balaban J connectivity index is 1.70. The van der Waals surface area contributed by atoms with Gasteiger partial charge < -0.3 is 25.8 Å². The maximum atomic E-state index is 12.9. The zero-order valence-corrected chi connectivity index (χ0v) is 20.5. The summed E-state index contributed by atoms with van der Waals surface area (Å²) in [5, 5.41) is 5.24. The number of primary amides is 1. The molecular weight excluding hydrogens is 466 g/mol. The Morgan fingerprint density at radius 1 is 0.914 bits per heavy atom. The molecule has 0 saturated heterocycles. The molecule has 3 aromatic carbocycles. The molecule has 4 N–H and O–H groups in total. The van der Waals surface area contributed by atoms with Crippen LogP contribution in [-0.2, 0) is 4.79 Å².